The number of rotatable bonds is 4. The molecule has 1 N–H and O–H groups in total. The topological polar surface area (TPSA) is 12.0 Å². The lowest BCUT2D eigenvalue weighted by molar-refractivity contribution is 0.569. The molecular weight excluding hydrogens is 202 g/mol. The van der Waals surface area contributed by atoms with Crippen molar-refractivity contribution in [1.29, 1.82) is 0 Å². The van der Waals surface area contributed by atoms with Crippen LogP contribution in [0.15, 0.2) is 30.3 Å². The second-order valence-electron chi connectivity index (χ2n) is 3.91. The Bertz CT molecular complexity index is 400. The van der Waals surface area contributed by atoms with Crippen molar-refractivity contribution in [3.63, 3.8) is 0 Å². The number of likely N-dealkylation sites (N-methyl/N-ethyl adjacent to an activating group) is 1. The molecule has 0 saturated carbocycles. The average Bonchev–Trinajstić information content (AvgIpc) is 2.59. The van der Waals surface area contributed by atoms with E-state index < -0.39 is 0 Å². The molecule has 0 unspecified atom stereocenters. The smallest absolute Gasteiger partial charge is 0.0345 e. The van der Waals surface area contributed by atoms with Gasteiger partial charge in [0.25, 0.3) is 0 Å². The van der Waals surface area contributed by atoms with Crippen LogP contribution >= 0.6 is 11.3 Å². The Morgan fingerprint density at radius 3 is 2.87 bits per heavy atom. The zero-order valence-electron chi connectivity index (χ0n) is 9.29. The van der Waals surface area contributed by atoms with E-state index in [1.165, 1.54) is 15.0 Å². The number of fused-ring (bicyclic) bond motifs is 1. The molecule has 2 aromatic rings. The highest BCUT2D eigenvalue weighted by molar-refractivity contribution is 7.19. The Morgan fingerprint density at radius 1 is 1.33 bits per heavy atom. The highest BCUT2D eigenvalue weighted by atomic mass is 32.1. The summed E-state index contributed by atoms with van der Waals surface area (Å²) in [4.78, 5) is 1.48. The van der Waals surface area contributed by atoms with Crippen molar-refractivity contribution < 1.29 is 0 Å². The van der Waals surface area contributed by atoms with Gasteiger partial charge in [0.1, 0.15) is 0 Å². The predicted octanol–water partition coefficient (Wildman–Crippen LogP) is 3.44. The highest BCUT2D eigenvalue weighted by Gasteiger charge is 2.05. The molecule has 1 nitrogen and oxygen atoms in total. The summed E-state index contributed by atoms with van der Waals surface area (Å²) in [6.45, 7) is 5.45. The number of thiophene rings is 1. The predicted molar refractivity (Wildman–Crippen MR) is 68.7 cm³/mol. The molecule has 2 rings (SSSR count). The van der Waals surface area contributed by atoms with Gasteiger partial charge in [0.05, 0.1) is 0 Å². The third-order valence-corrected chi connectivity index (χ3v) is 3.67. The fourth-order valence-corrected chi connectivity index (χ4v) is 3.05. The maximum atomic E-state index is 3.44. The number of hydrogen-bond acceptors (Lipinski definition) is 2. The van der Waals surface area contributed by atoms with Gasteiger partial charge in [0.2, 0.25) is 0 Å². The summed E-state index contributed by atoms with van der Waals surface area (Å²) in [6.07, 6.45) is 1.13. The van der Waals surface area contributed by atoms with E-state index in [0.717, 1.165) is 13.0 Å². The Hall–Kier alpha value is -0.860. The number of benzene rings is 1. The zero-order chi connectivity index (χ0) is 10.7. The molecule has 0 aliphatic rings. The van der Waals surface area contributed by atoms with Crippen LogP contribution in [0.3, 0.4) is 0 Å². The monoisotopic (exact) mass is 219 g/mol. The van der Waals surface area contributed by atoms with Crippen LogP contribution in [-0.4, -0.2) is 12.6 Å². The van der Waals surface area contributed by atoms with E-state index >= 15 is 0 Å². The van der Waals surface area contributed by atoms with Crippen molar-refractivity contribution in [2.75, 3.05) is 6.54 Å². The second kappa shape index (κ2) is 4.77. The average molecular weight is 219 g/mol. The van der Waals surface area contributed by atoms with Gasteiger partial charge in [-0.15, -0.1) is 11.3 Å². The lowest BCUT2D eigenvalue weighted by atomic mass is 10.2. The van der Waals surface area contributed by atoms with Gasteiger partial charge >= 0.3 is 0 Å². The van der Waals surface area contributed by atoms with Gasteiger partial charge in [0, 0.05) is 15.6 Å². The number of nitrogens with one attached hydrogen (secondary N) is 1. The molecule has 80 valence electrons. The molecule has 0 radical (unpaired) electrons. The van der Waals surface area contributed by atoms with Gasteiger partial charge in [-0.05, 0) is 37.4 Å². The number of hydrogen-bond donors (Lipinski definition) is 1. The lowest BCUT2D eigenvalue weighted by Crippen LogP contribution is -2.27. The Labute approximate surface area is 95.1 Å². The van der Waals surface area contributed by atoms with E-state index in [1.54, 1.807) is 0 Å². The fourth-order valence-electron chi connectivity index (χ4n) is 1.86. The van der Waals surface area contributed by atoms with Crippen molar-refractivity contribution in [3.05, 3.63) is 35.2 Å². The maximum Gasteiger partial charge on any atom is 0.0345 e. The van der Waals surface area contributed by atoms with Gasteiger partial charge in [-0.1, -0.05) is 25.1 Å². The third kappa shape index (κ3) is 2.58. The molecular formula is C13H17NS. The van der Waals surface area contributed by atoms with E-state index in [0.29, 0.717) is 6.04 Å². The molecule has 1 atom stereocenters. The van der Waals surface area contributed by atoms with Crippen molar-refractivity contribution in [2.24, 2.45) is 0 Å². The van der Waals surface area contributed by atoms with Crippen molar-refractivity contribution in [2.45, 2.75) is 26.3 Å². The van der Waals surface area contributed by atoms with Crippen LogP contribution in [0.5, 0.6) is 0 Å². The minimum atomic E-state index is 0.572. The summed E-state index contributed by atoms with van der Waals surface area (Å²) in [5, 5.41) is 4.82. The molecule has 0 spiro atoms. The first-order chi connectivity index (χ1) is 7.29. The summed E-state index contributed by atoms with van der Waals surface area (Å²) in [7, 11) is 0. The minimum Gasteiger partial charge on any atom is -0.314 e. The molecule has 1 aromatic heterocycles. The molecule has 2 heteroatoms. The molecule has 0 aliphatic heterocycles. The van der Waals surface area contributed by atoms with Gasteiger partial charge in [-0.2, -0.15) is 0 Å². The van der Waals surface area contributed by atoms with E-state index in [1.807, 2.05) is 11.3 Å². The van der Waals surface area contributed by atoms with Crippen LogP contribution in [0, 0.1) is 0 Å². The van der Waals surface area contributed by atoms with Crippen molar-refractivity contribution >= 4 is 21.4 Å². The largest absolute Gasteiger partial charge is 0.314 e. The fraction of sp³-hybridized carbons (Fsp3) is 0.385. The van der Waals surface area contributed by atoms with E-state index in [2.05, 4.69) is 49.5 Å². The van der Waals surface area contributed by atoms with Crippen LogP contribution < -0.4 is 5.32 Å². The molecule has 1 heterocycles. The van der Waals surface area contributed by atoms with Crippen molar-refractivity contribution in [3.8, 4) is 0 Å². The second-order valence-corrected chi connectivity index (χ2v) is 5.08. The van der Waals surface area contributed by atoms with Crippen LogP contribution in [-0.2, 0) is 6.42 Å². The van der Waals surface area contributed by atoms with Crippen LogP contribution in [0.25, 0.3) is 10.1 Å². The van der Waals surface area contributed by atoms with Crippen molar-refractivity contribution in [1.82, 2.24) is 5.32 Å². The Balaban J connectivity index is 2.15. The summed E-state index contributed by atoms with van der Waals surface area (Å²) < 4.78 is 1.40. The van der Waals surface area contributed by atoms with Gasteiger partial charge in [-0.3, -0.25) is 0 Å². The first-order valence-electron chi connectivity index (χ1n) is 5.50. The quantitative estimate of drug-likeness (QED) is 0.830. The van der Waals surface area contributed by atoms with Gasteiger partial charge in [0.15, 0.2) is 0 Å². The summed E-state index contributed by atoms with van der Waals surface area (Å²) >= 11 is 1.91. The zero-order valence-corrected chi connectivity index (χ0v) is 10.1. The van der Waals surface area contributed by atoms with Crippen LogP contribution in [0.4, 0.5) is 0 Å². The van der Waals surface area contributed by atoms with Crippen LogP contribution in [0.2, 0.25) is 0 Å². The summed E-state index contributed by atoms with van der Waals surface area (Å²) in [5.41, 5.74) is 0. The summed E-state index contributed by atoms with van der Waals surface area (Å²) in [6, 6.07) is 11.5. The normalized spacial score (nSPS) is 13.2. The molecule has 15 heavy (non-hydrogen) atoms. The van der Waals surface area contributed by atoms with E-state index in [9.17, 15) is 0 Å². The first kappa shape index (κ1) is 10.7. The van der Waals surface area contributed by atoms with Crippen LogP contribution in [0.1, 0.15) is 18.7 Å². The SMILES string of the molecule is CCN[C@H](C)Cc1cc2ccccc2s1. The van der Waals surface area contributed by atoms with E-state index in [4.69, 9.17) is 0 Å². The third-order valence-electron chi connectivity index (χ3n) is 2.54. The molecule has 1 aromatic carbocycles. The standard InChI is InChI=1S/C13H17NS/c1-3-14-10(2)8-12-9-11-6-4-5-7-13(11)15-12/h4-7,9-10,14H,3,8H2,1-2H3/t10-/m1/s1. The Kier molecular flexibility index (Phi) is 3.39. The lowest BCUT2D eigenvalue weighted by Gasteiger charge is -2.09. The minimum absolute atomic E-state index is 0.572. The Morgan fingerprint density at radius 2 is 2.13 bits per heavy atom. The molecule has 0 amide bonds. The molecule has 0 saturated heterocycles. The highest BCUT2D eigenvalue weighted by Crippen LogP contribution is 2.25. The van der Waals surface area contributed by atoms with Gasteiger partial charge < -0.3 is 5.32 Å². The van der Waals surface area contributed by atoms with Gasteiger partial charge in [-0.25, -0.2) is 0 Å². The molecule has 0 bridgehead atoms. The molecule has 0 fully saturated rings. The van der Waals surface area contributed by atoms with E-state index in [-0.39, 0.29) is 0 Å². The molecule has 0 aliphatic carbocycles. The first-order valence-corrected chi connectivity index (χ1v) is 6.32. The maximum absolute atomic E-state index is 3.44. The summed E-state index contributed by atoms with van der Waals surface area (Å²) in [5.74, 6) is 0.